The first-order chi connectivity index (χ1) is 8.54. The van der Waals surface area contributed by atoms with Crippen molar-refractivity contribution in [2.24, 2.45) is 5.92 Å². The summed E-state index contributed by atoms with van der Waals surface area (Å²) in [5.74, 6) is 0.209. The highest BCUT2D eigenvalue weighted by atomic mass is 79.9. The van der Waals surface area contributed by atoms with Crippen molar-refractivity contribution in [3.63, 3.8) is 0 Å². The predicted molar refractivity (Wildman–Crippen MR) is 79.6 cm³/mol. The minimum atomic E-state index is -0.205. The van der Waals surface area contributed by atoms with Gasteiger partial charge in [0, 0.05) is 16.1 Å². The van der Waals surface area contributed by atoms with Crippen molar-refractivity contribution in [2.75, 3.05) is 6.54 Å². The fourth-order valence-electron chi connectivity index (χ4n) is 2.29. The van der Waals surface area contributed by atoms with E-state index in [4.69, 9.17) is 11.6 Å². The number of hydrogen-bond acceptors (Lipinski definition) is 1. The van der Waals surface area contributed by atoms with Gasteiger partial charge in [0.2, 0.25) is 0 Å². The molecule has 1 rings (SSSR count). The smallest absolute Gasteiger partial charge is 0.129 e. The highest BCUT2D eigenvalue weighted by Crippen LogP contribution is 2.33. The summed E-state index contributed by atoms with van der Waals surface area (Å²) in [7, 11) is 0. The largest absolute Gasteiger partial charge is 0.310 e. The summed E-state index contributed by atoms with van der Waals surface area (Å²) < 4.78 is 14.7. The average Bonchev–Trinajstić information content (AvgIpc) is 2.34. The number of benzene rings is 1. The van der Waals surface area contributed by atoms with Crippen LogP contribution in [0.3, 0.4) is 0 Å². The molecule has 0 radical (unpaired) electrons. The van der Waals surface area contributed by atoms with Crippen LogP contribution in [-0.2, 0) is 0 Å². The first kappa shape index (κ1) is 15.9. The lowest BCUT2D eigenvalue weighted by Gasteiger charge is -2.27. The molecule has 0 bridgehead atoms. The summed E-state index contributed by atoms with van der Waals surface area (Å²) in [6.07, 6.45) is 2.03. The molecule has 1 atom stereocenters. The third-order valence-electron chi connectivity index (χ3n) is 3.32. The molecule has 1 aromatic rings. The van der Waals surface area contributed by atoms with Gasteiger partial charge >= 0.3 is 0 Å². The zero-order valence-corrected chi connectivity index (χ0v) is 13.4. The number of halogens is 3. The van der Waals surface area contributed by atoms with Crippen LogP contribution in [0.25, 0.3) is 0 Å². The molecule has 0 spiro atoms. The highest BCUT2D eigenvalue weighted by molar-refractivity contribution is 9.10. The number of nitrogens with one attached hydrogen (secondary N) is 1. The second-order valence-corrected chi connectivity index (χ2v) is 5.66. The highest BCUT2D eigenvalue weighted by Gasteiger charge is 2.23. The van der Waals surface area contributed by atoms with Gasteiger partial charge in [-0.05, 0) is 40.5 Å². The third-order valence-corrected chi connectivity index (χ3v) is 4.52. The van der Waals surface area contributed by atoms with Gasteiger partial charge in [0.15, 0.2) is 0 Å². The van der Waals surface area contributed by atoms with Gasteiger partial charge in [0.05, 0.1) is 5.02 Å². The maximum Gasteiger partial charge on any atom is 0.129 e. The van der Waals surface area contributed by atoms with Gasteiger partial charge in [-0.15, -0.1) is 0 Å². The van der Waals surface area contributed by atoms with Crippen LogP contribution in [0.1, 0.15) is 45.2 Å². The summed E-state index contributed by atoms with van der Waals surface area (Å²) >= 11 is 9.33. The van der Waals surface area contributed by atoms with E-state index < -0.39 is 0 Å². The minimum absolute atomic E-state index is 0.0237. The van der Waals surface area contributed by atoms with E-state index in [2.05, 4.69) is 35.1 Å². The first-order valence-corrected chi connectivity index (χ1v) is 7.59. The molecular weight excluding hydrogens is 317 g/mol. The van der Waals surface area contributed by atoms with Crippen molar-refractivity contribution in [3.05, 3.63) is 33.0 Å². The normalized spacial score (nSPS) is 13.1. The molecule has 1 aromatic carbocycles. The van der Waals surface area contributed by atoms with E-state index in [-0.39, 0.29) is 11.9 Å². The van der Waals surface area contributed by atoms with Gasteiger partial charge in [0.25, 0.3) is 0 Å². The summed E-state index contributed by atoms with van der Waals surface area (Å²) in [6, 6.07) is 3.20. The van der Waals surface area contributed by atoms with Crippen LogP contribution in [0.15, 0.2) is 16.6 Å². The van der Waals surface area contributed by atoms with Gasteiger partial charge in [-0.25, -0.2) is 4.39 Å². The molecular formula is C14H20BrClFN. The summed E-state index contributed by atoms with van der Waals surface area (Å²) in [4.78, 5) is 0. The van der Waals surface area contributed by atoms with E-state index in [1.165, 1.54) is 6.07 Å². The Labute approximate surface area is 122 Å². The molecule has 1 unspecified atom stereocenters. The molecule has 102 valence electrons. The quantitative estimate of drug-likeness (QED) is 0.692. The Kier molecular flexibility index (Phi) is 6.61. The van der Waals surface area contributed by atoms with E-state index in [9.17, 15) is 4.39 Å². The number of hydrogen-bond donors (Lipinski definition) is 1. The average molecular weight is 337 g/mol. The molecule has 0 aliphatic rings. The minimum Gasteiger partial charge on any atom is -0.310 e. The van der Waals surface area contributed by atoms with E-state index >= 15 is 0 Å². The third kappa shape index (κ3) is 3.69. The van der Waals surface area contributed by atoms with Crippen LogP contribution in [0, 0.1) is 11.7 Å². The van der Waals surface area contributed by atoms with E-state index in [0.29, 0.717) is 21.0 Å². The Balaban J connectivity index is 3.16. The van der Waals surface area contributed by atoms with Crippen LogP contribution in [0.4, 0.5) is 4.39 Å². The fraction of sp³-hybridized carbons (Fsp3) is 0.571. The first-order valence-electron chi connectivity index (χ1n) is 6.42. The van der Waals surface area contributed by atoms with Crippen molar-refractivity contribution in [1.29, 1.82) is 0 Å². The fourth-order valence-corrected chi connectivity index (χ4v) is 2.77. The zero-order valence-electron chi connectivity index (χ0n) is 11.1. The second kappa shape index (κ2) is 7.46. The predicted octanol–water partition coefficient (Wildman–Crippen LogP) is 5.33. The van der Waals surface area contributed by atoms with E-state index in [1.807, 2.05) is 6.92 Å². The van der Waals surface area contributed by atoms with Crippen LogP contribution in [0.5, 0.6) is 0 Å². The van der Waals surface area contributed by atoms with Gasteiger partial charge in [-0.3, -0.25) is 0 Å². The van der Waals surface area contributed by atoms with E-state index in [0.717, 1.165) is 19.4 Å². The molecule has 1 nitrogen and oxygen atoms in total. The molecule has 0 aliphatic heterocycles. The Hall–Kier alpha value is -0.120. The Bertz CT molecular complexity index is 394. The van der Waals surface area contributed by atoms with Crippen molar-refractivity contribution in [1.82, 2.24) is 5.32 Å². The molecule has 0 fully saturated rings. The van der Waals surface area contributed by atoms with Crippen molar-refractivity contribution >= 4 is 27.5 Å². The van der Waals surface area contributed by atoms with Crippen molar-refractivity contribution in [2.45, 2.75) is 39.7 Å². The maximum atomic E-state index is 14.1. The van der Waals surface area contributed by atoms with Gasteiger partial charge < -0.3 is 5.32 Å². The maximum absolute atomic E-state index is 14.1. The summed E-state index contributed by atoms with van der Waals surface area (Å²) in [6.45, 7) is 7.12. The standard InChI is InChI=1S/C14H20BrClFN/c1-4-9(5-2)14(18-6-3)10-7-12(16)11(15)8-13(10)17/h7-9,14,18H,4-6H2,1-3H3. The molecule has 0 saturated carbocycles. The van der Waals surface area contributed by atoms with E-state index in [1.54, 1.807) is 6.07 Å². The van der Waals surface area contributed by atoms with Crippen molar-refractivity contribution < 1.29 is 4.39 Å². The molecule has 0 aromatic heterocycles. The molecule has 18 heavy (non-hydrogen) atoms. The topological polar surface area (TPSA) is 12.0 Å². The van der Waals surface area contributed by atoms with Crippen LogP contribution in [0.2, 0.25) is 5.02 Å². The second-order valence-electron chi connectivity index (χ2n) is 4.40. The number of rotatable bonds is 6. The molecule has 1 N–H and O–H groups in total. The molecule has 0 saturated heterocycles. The molecule has 0 aliphatic carbocycles. The monoisotopic (exact) mass is 335 g/mol. The van der Waals surface area contributed by atoms with Gasteiger partial charge in [0.1, 0.15) is 5.82 Å². The summed E-state index contributed by atoms with van der Waals surface area (Å²) in [5.41, 5.74) is 0.666. The van der Waals surface area contributed by atoms with Crippen LogP contribution in [-0.4, -0.2) is 6.54 Å². The Morgan fingerprint density at radius 3 is 2.39 bits per heavy atom. The van der Waals surface area contributed by atoms with Crippen LogP contribution < -0.4 is 5.32 Å². The van der Waals surface area contributed by atoms with Gasteiger partial charge in [-0.1, -0.05) is 45.2 Å². The Morgan fingerprint density at radius 1 is 1.28 bits per heavy atom. The van der Waals surface area contributed by atoms with Crippen LogP contribution >= 0.6 is 27.5 Å². The lowest BCUT2D eigenvalue weighted by molar-refractivity contribution is 0.337. The molecule has 0 heterocycles. The van der Waals surface area contributed by atoms with Gasteiger partial charge in [-0.2, -0.15) is 0 Å². The summed E-state index contributed by atoms with van der Waals surface area (Å²) in [5, 5.41) is 3.93. The lowest BCUT2D eigenvalue weighted by Crippen LogP contribution is -2.28. The zero-order chi connectivity index (χ0) is 13.7. The Morgan fingerprint density at radius 2 is 1.89 bits per heavy atom. The lowest BCUT2D eigenvalue weighted by atomic mass is 9.88. The molecule has 4 heteroatoms. The SMILES string of the molecule is CCNC(c1cc(Cl)c(Br)cc1F)C(CC)CC. The molecule has 0 amide bonds. The van der Waals surface area contributed by atoms with Crippen molar-refractivity contribution in [3.8, 4) is 0 Å².